The summed E-state index contributed by atoms with van der Waals surface area (Å²) in [5.74, 6) is 1.48. The van der Waals surface area contributed by atoms with E-state index in [0.717, 1.165) is 38.3 Å². The average Bonchev–Trinajstić information content (AvgIpc) is 2.46. The maximum absolute atomic E-state index is 11.9. The molecule has 0 spiro atoms. The van der Waals surface area contributed by atoms with E-state index in [1.54, 1.807) is 0 Å². The van der Waals surface area contributed by atoms with Crippen LogP contribution in [0.15, 0.2) is 0 Å². The summed E-state index contributed by atoms with van der Waals surface area (Å²) in [7, 11) is 0. The number of ether oxygens (including phenoxy) is 1. The molecule has 19 heavy (non-hydrogen) atoms. The van der Waals surface area contributed by atoms with Gasteiger partial charge in [-0.05, 0) is 63.5 Å². The van der Waals surface area contributed by atoms with Crippen LogP contribution in [0.3, 0.4) is 0 Å². The van der Waals surface area contributed by atoms with Crippen LogP contribution in [0.5, 0.6) is 0 Å². The molecule has 2 aliphatic rings. The van der Waals surface area contributed by atoms with E-state index in [9.17, 15) is 4.79 Å². The summed E-state index contributed by atoms with van der Waals surface area (Å²) >= 11 is 0. The number of piperidine rings is 1. The summed E-state index contributed by atoms with van der Waals surface area (Å²) in [4.78, 5) is 11.9. The lowest BCUT2D eigenvalue weighted by Crippen LogP contribution is -2.30. The van der Waals surface area contributed by atoms with E-state index >= 15 is 0 Å². The highest BCUT2D eigenvalue weighted by molar-refractivity contribution is 5.69. The first-order valence-electron chi connectivity index (χ1n) is 8.18. The Balaban J connectivity index is 1.63. The molecule has 1 saturated carbocycles. The van der Waals surface area contributed by atoms with E-state index in [4.69, 9.17) is 4.74 Å². The molecule has 3 atom stereocenters. The molecule has 3 unspecified atom stereocenters. The Hall–Kier alpha value is -0.570. The maximum Gasteiger partial charge on any atom is 0.306 e. The fraction of sp³-hybridized carbons (Fsp3) is 0.938. The second-order valence-electron chi connectivity index (χ2n) is 6.30. The van der Waals surface area contributed by atoms with Crippen LogP contribution in [0, 0.1) is 11.8 Å². The number of carbonyl (C=O) groups excluding carboxylic acids is 1. The van der Waals surface area contributed by atoms with Gasteiger partial charge in [-0.15, -0.1) is 0 Å². The quantitative estimate of drug-likeness (QED) is 0.777. The molecule has 1 N–H and O–H groups in total. The van der Waals surface area contributed by atoms with Gasteiger partial charge in [-0.2, -0.15) is 0 Å². The lowest BCUT2D eigenvalue weighted by Gasteiger charge is -2.28. The van der Waals surface area contributed by atoms with Gasteiger partial charge >= 0.3 is 5.97 Å². The first-order chi connectivity index (χ1) is 9.28. The van der Waals surface area contributed by atoms with Gasteiger partial charge in [-0.25, -0.2) is 0 Å². The van der Waals surface area contributed by atoms with Crippen LogP contribution in [-0.2, 0) is 9.53 Å². The van der Waals surface area contributed by atoms with Crippen LogP contribution >= 0.6 is 0 Å². The van der Waals surface area contributed by atoms with Crippen molar-refractivity contribution in [3.05, 3.63) is 0 Å². The van der Waals surface area contributed by atoms with Crippen molar-refractivity contribution in [1.82, 2.24) is 5.32 Å². The van der Waals surface area contributed by atoms with Crippen molar-refractivity contribution >= 4 is 5.97 Å². The van der Waals surface area contributed by atoms with E-state index in [1.807, 2.05) is 0 Å². The minimum absolute atomic E-state index is 0.0346. The summed E-state index contributed by atoms with van der Waals surface area (Å²) in [6.45, 7) is 4.46. The molecule has 1 aliphatic heterocycles. The summed E-state index contributed by atoms with van der Waals surface area (Å²) in [5.41, 5.74) is 0. The van der Waals surface area contributed by atoms with Crippen molar-refractivity contribution in [3.8, 4) is 0 Å². The van der Waals surface area contributed by atoms with Gasteiger partial charge in [0.1, 0.15) is 6.10 Å². The van der Waals surface area contributed by atoms with E-state index in [1.165, 1.54) is 32.1 Å². The van der Waals surface area contributed by atoms with E-state index < -0.39 is 0 Å². The van der Waals surface area contributed by atoms with Crippen LogP contribution in [0.1, 0.15) is 64.7 Å². The lowest BCUT2D eigenvalue weighted by atomic mass is 9.85. The summed E-state index contributed by atoms with van der Waals surface area (Å²) in [6, 6.07) is 0. The highest BCUT2D eigenvalue weighted by Crippen LogP contribution is 2.28. The SMILES string of the molecule is CCC1CCCC(OC(=O)CCC2CCCNC2)C1. The fourth-order valence-corrected chi connectivity index (χ4v) is 3.46. The number of hydrogen-bond acceptors (Lipinski definition) is 3. The van der Waals surface area contributed by atoms with Gasteiger partial charge in [0.05, 0.1) is 0 Å². The first kappa shape index (κ1) is 14.8. The first-order valence-corrected chi connectivity index (χ1v) is 8.18. The Morgan fingerprint density at radius 3 is 2.79 bits per heavy atom. The Morgan fingerprint density at radius 1 is 1.21 bits per heavy atom. The Labute approximate surface area is 117 Å². The Bertz CT molecular complexity index is 274. The van der Waals surface area contributed by atoms with Crippen molar-refractivity contribution in [3.63, 3.8) is 0 Å². The monoisotopic (exact) mass is 267 g/mol. The van der Waals surface area contributed by atoms with Crippen LogP contribution in [-0.4, -0.2) is 25.2 Å². The molecule has 0 radical (unpaired) electrons. The maximum atomic E-state index is 11.9. The third kappa shape index (κ3) is 5.13. The number of rotatable bonds is 5. The van der Waals surface area contributed by atoms with E-state index in [-0.39, 0.29) is 12.1 Å². The molecule has 1 heterocycles. The third-order valence-corrected chi connectivity index (χ3v) is 4.77. The highest BCUT2D eigenvalue weighted by atomic mass is 16.5. The number of carbonyl (C=O) groups is 1. The summed E-state index contributed by atoms with van der Waals surface area (Å²) in [6.07, 6.45) is 10.3. The standard InChI is InChI=1S/C16H29NO2/c1-2-13-5-3-7-15(11-13)19-16(18)9-8-14-6-4-10-17-12-14/h13-15,17H,2-12H2,1H3. The molecule has 0 bridgehead atoms. The topological polar surface area (TPSA) is 38.3 Å². The molecular weight excluding hydrogens is 238 g/mol. The van der Waals surface area contributed by atoms with Gasteiger partial charge < -0.3 is 10.1 Å². The molecule has 2 rings (SSSR count). The van der Waals surface area contributed by atoms with E-state index in [0.29, 0.717) is 12.3 Å². The van der Waals surface area contributed by atoms with Gasteiger partial charge in [0.25, 0.3) is 0 Å². The second-order valence-corrected chi connectivity index (χ2v) is 6.30. The third-order valence-electron chi connectivity index (χ3n) is 4.77. The summed E-state index contributed by atoms with van der Waals surface area (Å²) < 4.78 is 5.66. The van der Waals surface area contributed by atoms with Crippen LogP contribution in [0.2, 0.25) is 0 Å². The highest BCUT2D eigenvalue weighted by Gasteiger charge is 2.24. The fourth-order valence-electron chi connectivity index (χ4n) is 3.46. The number of esters is 1. The van der Waals surface area contributed by atoms with Gasteiger partial charge in [0.2, 0.25) is 0 Å². The molecule has 1 aliphatic carbocycles. The minimum Gasteiger partial charge on any atom is -0.462 e. The largest absolute Gasteiger partial charge is 0.462 e. The van der Waals surface area contributed by atoms with Crippen molar-refractivity contribution in [2.75, 3.05) is 13.1 Å². The predicted octanol–water partition coefficient (Wildman–Crippen LogP) is 3.28. The van der Waals surface area contributed by atoms with Crippen molar-refractivity contribution in [1.29, 1.82) is 0 Å². The molecule has 3 heteroatoms. The molecule has 2 fully saturated rings. The molecule has 0 aromatic carbocycles. The number of nitrogens with one attached hydrogen (secondary N) is 1. The minimum atomic E-state index is 0.0346. The van der Waals surface area contributed by atoms with Crippen molar-refractivity contribution in [2.24, 2.45) is 11.8 Å². The molecule has 0 aromatic rings. The van der Waals surface area contributed by atoms with Crippen LogP contribution in [0.4, 0.5) is 0 Å². The van der Waals surface area contributed by atoms with Gasteiger partial charge in [0.15, 0.2) is 0 Å². The molecule has 1 saturated heterocycles. The van der Waals surface area contributed by atoms with Crippen LogP contribution < -0.4 is 5.32 Å². The summed E-state index contributed by atoms with van der Waals surface area (Å²) in [5, 5.41) is 3.40. The Morgan fingerprint density at radius 2 is 2.05 bits per heavy atom. The van der Waals surface area contributed by atoms with Crippen molar-refractivity contribution in [2.45, 2.75) is 70.8 Å². The second kappa shape index (κ2) is 7.88. The lowest BCUT2D eigenvalue weighted by molar-refractivity contribution is -0.151. The molecular formula is C16H29NO2. The normalized spacial score (nSPS) is 31.9. The molecule has 0 aromatic heterocycles. The van der Waals surface area contributed by atoms with Gasteiger partial charge in [-0.3, -0.25) is 4.79 Å². The zero-order chi connectivity index (χ0) is 13.5. The van der Waals surface area contributed by atoms with Gasteiger partial charge in [-0.1, -0.05) is 19.8 Å². The van der Waals surface area contributed by atoms with E-state index in [2.05, 4.69) is 12.2 Å². The zero-order valence-corrected chi connectivity index (χ0v) is 12.3. The Kier molecular flexibility index (Phi) is 6.15. The molecule has 3 nitrogen and oxygen atoms in total. The number of hydrogen-bond donors (Lipinski definition) is 1. The van der Waals surface area contributed by atoms with Crippen molar-refractivity contribution < 1.29 is 9.53 Å². The van der Waals surface area contributed by atoms with Crippen LogP contribution in [0.25, 0.3) is 0 Å². The predicted molar refractivity (Wildman–Crippen MR) is 77.0 cm³/mol. The zero-order valence-electron chi connectivity index (χ0n) is 12.3. The molecule has 0 amide bonds. The molecule has 110 valence electrons. The van der Waals surface area contributed by atoms with Gasteiger partial charge in [0, 0.05) is 6.42 Å². The smallest absolute Gasteiger partial charge is 0.306 e. The average molecular weight is 267 g/mol.